The normalized spacial score (nSPS) is 12.6. The van der Waals surface area contributed by atoms with Crippen LogP contribution in [0.3, 0.4) is 0 Å². The number of urea groups is 1. The summed E-state index contributed by atoms with van der Waals surface area (Å²) in [5.41, 5.74) is 1.04. The van der Waals surface area contributed by atoms with Gasteiger partial charge >= 0.3 is 6.03 Å². The highest BCUT2D eigenvalue weighted by molar-refractivity contribution is 5.74. The van der Waals surface area contributed by atoms with Crippen LogP contribution in [0.4, 0.5) is 4.79 Å². The first kappa shape index (κ1) is 14.5. The predicted molar refractivity (Wildman–Crippen MR) is 76.9 cm³/mol. The van der Waals surface area contributed by atoms with Crippen molar-refractivity contribution >= 4 is 6.03 Å². The minimum Gasteiger partial charge on any atom is -0.454 e. The van der Waals surface area contributed by atoms with Crippen molar-refractivity contribution in [2.45, 2.75) is 27.3 Å². The molecule has 0 saturated heterocycles. The van der Waals surface area contributed by atoms with Gasteiger partial charge in [-0.3, -0.25) is 0 Å². The van der Waals surface area contributed by atoms with Gasteiger partial charge in [0.25, 0.3) is 0 Å². The first-order valence-electron chi connectivity index (χ1n) is 7.01. The summed E-state index contributed by atoms with van der Waals surface area (Å²) in [7, 11) is 0. The molecule has 0 saturated carbocycles. The van der Waals surface area contributed by atoms with Crippen molar-refractivity contribution in [2.75, 3.05) is 19.9 Å². The monoisotopic (exact) mass is 278 g/mol. The minimum absolute atomic E-state index is 0.0288. The van der Waals surface area contributed by atoms with Crippen LogP contribution in [0.1, 0.15) is 26.3 Å². The van der Waals surface area contributed by atoms with Gasteiger partial charge in [-0.15, -0.1) is 0 Å². The Kier molecular flexibility index (Phi) is 4.71. The lowest BCUT2D eigenvalue weighted by Crippen LogP contribution is -2.40. The highest BCUT2D eigenvalue weighted by Gasteiger charge is 2.16. The van der Waals surface area contributed by atoms with Crippen molar-refractivity contribution in [3.63, 3.8) is 0 Å². The lowest BCUT2D eigenvalue weighted by atomic mass is 10.2. The summed E-state index contributed by atoms with van der Waals surface area (Å²) < 4.78 is 10.6. The number of nitrogens with one attached hydrogen (secondary N) is 1. The van der Waals surface area contributed by atoms with Gasteiger partial charge in [-0.05, 0) is 30.5 Å². The molecule has 2 amide bonds. The smallest absolute Gasteiger partial charge is 0.317 e. The van der Waals surface area contributed by atoms with Crippen LogP contribution < -0.4 is 14.8 Å². The average Bonchev–Trinajstić information content (AvgIpc) is 2.89. The van der Waals surface area contributed by atoms with Crippen LogP contribution in [0.25, 0.3) is 0 Å². The van der Waals surface area contributed by atoms with E-state index in [1.54, 1.807) is 4.90 Å². The number of amides is 2. The zero-order valence-corrected chi connectivity index (χ0v) is 12.3. The summed E-state index contributed by atoms with van der Waals surface area (Å²) in [4.78, 5) is 13.9. The molecule has 0 fully saturated rings. The Bertz CT molecular complexity index is 474. The van der Waals surface area contributed by atoms with E-state index < -0.39 is 0 Å². The molecule has 0 bridgehead atoms. The molecule has 1 aliphatic rings. The van der Waals surface area contributed by atoms with Crippen molar-refractivity contribution < 1.29 is 14.3 Å². The molecule has 0 aromatic heterocycles. The molecule has 1 aromatic carbocycles. The van der Waals surface area contributed by atoms with Gasteiger partial charge in [0.1, 0.15) is 0 Å². The van der Waals surface area contributed by atoms with E-state index in [0.717, 1.165) is 17.1 Å². The molecule has 5 nitrogen and oxygen atoms in total. The molecule has 1 N–H and O–H groups in total. The van der Waals surface area contributed by atoms with Gasteiger partial charge in [0.15, 0.2) is 11.5 Å². The third-order valence-electron chi connectivity index (χ3n) is 3.14. The third kappa shape index (κ3) is 3.56. The molecular weight excluding hydrogens is 256 g/mol. The Morgan fingerprint density at radius 2 is 2.10 bits per heavy atom. The number of carbonyl (C=O) groups excluding carboxylic acids is 1. The Labute approximate surface area is 119 Å². The number of ether oxygens (including phenoxy) is 2. The molecule has 20 heavy (non-hydrogen) atoms. The van der Waals surface area contributed by atoms with E-state index in [2.05, 4.69) is 19.2 Å². The van der Waals surface area contributed by atoms with E-state index in [4.69, 9.17) is 9.47 Å². The minimum atomic E-state index is -0.0288. The van der Waals surface area contributed by atoms with Crippen molar-refractivity contribution in [3.05, 3.63) is 23.8 Å². The van der Waals surface area contributed by atoms with E-state index >= 15 is 0 Å². The second kappa shape index (κ2) is 6.50. The molecule has 1 aromatic rings. The first-order valence-corrected chi connectivity index (χ1v) is 7.01. The number of carbonyl (C=O) groups is 1. The van der Waals surface area contributed by atoms with Gasteiger partial charge < -0.3 is 19.7 Å². The zero-order valence-electron chi connectivity index (χ0n) is 12.3. The summed E-state index contributed by atoms with van der Waals surface area (Å²) in [6.45, 7) is 8.32. The molecule has 1 aliphatic heterocycles. The summed E-state index contributed by atoms with van der Waals surface area (Å²) in [5.74, 6) is 1.96. The Morgan fingerprint density at radius 3 is 2.80 bits per heavy atom. The van der Waals surface area contributed by atoms with Crippen LogP contribution in [-0.4, -0.2) is 30.8 Å². The van der Waals surface area contributed by atoms with Crippen LogP contribution in [0, 0.1) is 5.92 Å². The average molecular weight is 278 g/mol. The van der Waals surface area contributed by atoms with Crippen molar-refractivity contribution in [2.24, 2.45) is 5.92 Å². The zero-order chi connectivity index (χ0) is 14.5. The number of rotatable bonds is 5. The first-order chi connectivity index (χ1) is 9.60. The summed E-state index contributed by atoms with van der Waals surface area (Å²) in [6, 6.07) is 5.75. The quantitative estimate of drug-likeness (QED) is 0.900. The van der Waals surface area contributed by atoms with Gasteiger partial charge in [-0.2, -0.15) is 0 Å². The number of nitrogens with zero attached hydrogens (tertiary/aromatic N) is 1. The van der Waals surface area contributed by atoms with Crippen LogP contribution in [0.5, 0.6) is 11.5 Å². The molecule has 0 spiro atoms. The van der Waals surface area contributed by atoms with E-state index in [1.807, 2.05) is 25.1 Å². The second-order valence-electron chi connectivity index (χ2n) is 5.28. The number of benzene rings is 1. The maximum Gasteiger partial charge on any atom is 0.317 e. The number of hydrogen-bond donors (Lipinski definition) is 1. The fourth-order valence-corrected chi connectivity index (χ4v) is 1.99. The van der Waals surface area contributed by atoms with Gasteiger partial charge in [-0.25, -0.2) is 4.79 Å². The summed E-state index contributed by atoms with van der Waals surface area (Å²) in [5, 5.41) is 2.94. The number of fused-ring (bicyclic) bond motifs is 1. The molecule has 110 valence electrons. The molecule has 2 rings (SSSR count). The largest absolute Gasteiger partial charge is 0.454 e. The van der Waals surface area contributed by atoms with Crippen LogP contribution >= 0.6 is 0 Å². The topological polar surface area (TPSA) is 50.8 Å². The maximum atomic E-state index is 12.1. The van der Waals surface area contributed by atoms with Gasteiger partial charge in [0.05, 0.1) is 0 Å². The highest BCUT2D eigenvalue weighted by Crippen LogP contribution is 2.32. The third-order valence-corrected chi connectivity index (χ3v) is 3.14. The molecule has 0 aliphatic carbocycles. The Balaban J connectivity index is 1.97. The van der Waals surface area contributed by atoms with Gasteiger partial charge in [0, 0.05) is 19.6 Å². The molecule has 5 heteroatoms. The van der Waals surface area contributed by atoms with Crippen LogP contribution in [-0.2, 0) is 6.54 Å². The van der Waals surface area contributed by atoms with Gasteiger partial charge in [-0.1, -0.05) is 19.9 Å². The SMILES string of the molecule is CCN(Cc1ccc2c(c1)OCO2)C(=O)NCC(C)C. The van der Waals surface area contributed by atoms with Crippen molar-refractivity contribution in [3.8, 4) is 11.5 Å². The molecule has 0 atom stereocenters. The molecular formula is C15H22N2O3. The van der Waals surface area contributed by atoms with Crippen LogP contribution in [0.15, 0.2) is 18.2 Å². The lowest BCUT2D eigenvalue weighted by molar-refractivity contribution is 0.173. The Morgan fingerprint density at radius 1 is 1.35 bits per heavy atom. The van der Waals surface area contributed by atoms with E-state index in [9.17, 15) is 4.79 Å². The molecule has 1 heterocycles. The standard InChI is InChI=1S/C15H22N2O3/c1-4-17(15(18)16-8-11(2)3)9-12-5-6-13-14(7-12)20-10-19-13/h5-7,11H,4,8-10H2,1-3H3,(H,16,18). The predicted octanol–water partition coefficient (Wildman–Crippen LogP) is 2.60. The van der Waals surface area contributed by atoms with Gasteiger partial charge in [0.2, 0.25) is 6.79 Å². The summed E-state index contributed by atoms with van der Waals surface area (Å²) >= 11 is 0. The van der Waals surface area contributed by atoms with Crippen molar-refractivity contribution in [1.29, 1.82) is 0 Å². The second-order valence-corrected chi connectivity index (χ2v) is 5.28. The highest BCUT2D eigenvalue weighted by atomic mass is 16.7. The lowest BCUT2D eigenvalue weighted by Gasteiger charge is -2.22. The van der Waals surface area contributed by atoms with Crippen molar-refractivity contribution in [1.82, 2.24) is 10.2 Å². The summed E-state index contributed by atoms with van der Waals surface area (Å²) in [6.07, 6.45) is 0. The Hall–Kier alpha value is -1.91. The van der Waals surface area contributed by atoms with Crippen LogP contribution in [0.2, 0.25) is 0 Å². The molecule has 0 unspecified atom stereocenters. The molecule has 0 radical (unpaired) electrons. The van der Waals surface area contributed by atoms with E-state index in [0.29, 0.717) is 25.6 Å². The maximum absolute atomic E-state index is 12.1. The van der Waals surface area contributed by atoms with E-state index in [-0.39, 0.29) is 12.8 Å². The van der Waals surface area contributed by atoms with E-state index in [1.165, 1.54) is 0 Å². The fourth-order valence-electron chi connectivity index (χ4n) is 1.99. The fraction of sp³-hybridized carbons (Fsp3) is 0.533. The number of hydrogen-bond acceptors (Lipinski definition) is 3.